The number of nitrogens with zero attached hydrogens (tertiary/aromatic N) is 1. The number of imidazole rings is 1. The molecule has 1 aromatic heterocycles. The van der Waals surface area contributed by atoms with Gasteiger partial charge in [0.1, 0.15) is 11.6 Å². The zero-order valence-corrected chi connectivity index (χ0v) is 24.7. The minimum atomic E-state index is -1.32. The SMILES string of the molecule is C=C(/C=C\C(=C\C(C)=O)c1ccccc1-c1ncc(-c2c(F)ccc(F)c2F)[nH]1)C(=O)C[C@H](CCC)c1ccccc1.Cl. The average Bonchev–Trinajstić information content (AvgIpc) is 3.47. The maximum Gasteiger partial charge on any atom is 0.171 e. The maximum absolute atomic E-state index is 14.4. The van der Waals surface area contributed by atoms with Crippen LogP contribution in [0.3, 0.4) is 0 Å². The number of carbonyl (C=O) groups is 2. The van der Waals surface area contributed by atoms with Crippen molar-refractivity contribution in [2.75, 3.05) is 0 Å². The number of ketones is 2. The van der Waals surface area contributed by atoms with Gasteiger partial charge < -0.3 is 4.98 Å². The minimum absolute atomic E-state index is 0. The first-order valence-electron chi connectivity index (χ1n) is 13.7. The first-order valence-corrected chi connectivity index (χ1v) is 13.7. The van der Waals surface area contributed by atoms with Crippen LogP contribution in [0.4, 0.5) is 13.2 Å². The number of carbonyl (C=O) groups excluding carboxylic acids is 2. The molecule has 8 heteroatoms. The van der Waals surface area contributed by atoms with Crippen LogP contribution in [0, 0.1) is 17.5 Å². The van der Waals surface area contributed by atoms with E-state index in [1.807, 2.05) is 30.3 Å². The highest BCUT2D eigenvalue weighted by molar-refractivity contribution is 6.01. The molecule has 0 aliphatic rings. The Bertz CT molecular complexity index is 1680. The third-order valence-electron chi connectivity index (χ3n) is 6.90. The van der Waals surface area contributed by atoms with E-state index in [-0.39, 0.29) is 41.4 Å². The summed E-state index contributed by atoms with van der Waals surface area (Å²) in [4.78, 5) is 32.5. The number of H-pyrrole nitrogens is 1. The summed E-state index contributed by atoms with van der Waals surface area (Å²) < 4.78 is 42.6. The molecular formula is C35H32ClF3N2O2. The third kappa shape index (κ3) is 8.08. The lowest BCUT2D eigenvalue weighted by Gasteiger charge is -2.16. The fourth-order valence-corrected chi connectivity index (χ4v) is 4.83. The fourth-order valence-electron chi connectivity index (χ4n) is 4.83. The molecule has 0 saturated heterocycles. The lowest BCUT2D eigenvalue weighted by molar-refractivity contribution is -0.115. The summed E-state index contributed by atoms with van der Waals surface area (Å²) in [5.74, 6) is -3.44. The molecule has 0 saturated carbocycles. The summed E-state index contributed by atoms with van der Waals surface area (Å²) in [5, 5.41) is 0. The van der Waals surface area contributed by atoms with E-state index in [0.29, 0.717) is 28.7 Å². The normalized spacial score (nSPS) is 12.2. The van der Waals surface area contributed by atoms with Gasteiger partial charge in [0.15, 0.2) is 23.2 Å². The Morgan fingerprint density at radius 2 is 1.63 bits per heavy atom. The van der Waals surface area contributed by atoms with Crippen molar-refractivity contribution in [2.24, 2.45) is 0 Å². The van der Waals surface area contributed by atoms with Crippen molar-refractivity contribution in [1.82, 2.24) is 9.97 Å². The first kappa shape index (κ1) is 33.0. The molecule has 4 aromatic rings. The summed E-state index contributed by atoms with van der Waals surface area (Å²) in [6.07, 6.45) is 7.99. The Labute approximate surface area is 255 Å². The Kier molecular flexibility index (Phi) is 11.6. The van der Waals surface area contributed by atoms with Crippen molar-refractivity contribution in [1.29, 1.82) is 0 Å². The first-order chi connectivity index (χ1) is 20.2. The Balaban J connectivity index is 0.00000506. The van der Waals surface area contributed by atoms with Crippen LogP contribution in [-0.4, -0.2) is 21.5 Å². The molecule has 4 nitrogen and oxygen atoms in total. The molecule has 0 unspecified atom stereocenters. The van der Waals surface area contributed by atoms with Gasteiger partial charge in [0.2, 0.25) is 0 Å². The third-order valence-corrected chi connectivity index (χ3v) is 6.90. The van der Waals surface area contributed by atoms with E-state index < -0.39 is 23.0 Å². The molecule has 0 bridgehead atoms. The van der Waals surface area contributed by atoms with Crippen molar-refractivity contribution in [3.63, 3.8) is 0 Å². The topological polar surface area (TPSA) is 62.8 Å². The number of Topliss-reactive ketones (excluding diaryl/α,β-unsaturated/α-hetero) is 1. The Morgan fingerprint density at radius 1 is 0.953 bits per heavy atom. The number of halogens is 4. The molecule has 0 amide bonds. The molecule has 1 heterocycles. The number of allylic oxidation sites excluding steroid dienone is 5. The summed E-state index contributed by atoms with van der Waals surface area (Å²) in [5.41, 5.74) is 2.41. The van der Waals surface area contributed by atoms with Gasteiger partial charge in [-0.15, -0.1) is 12.4 Å². The predicted octanol–water partition coefficient (Wildman–Crippen LogP) is 9.21. The second-order valence-electron chi connectivity index (χ2n) is 10.0. The Morgan fingerprint density at radius 3 is 2.33 bits per heavy atom. The van der Waals surface area contributed by atoms with Crippen LogP contribution in [0.5, 0.6) is 0 Å². The van der Waals surface area contributed by atoms with Crippen molar-refractivity contribution < 1.29 is 22.8 Å². The quantitative estimate of drug-likeness (QED) is 0.0996. The molecule has 43 heavy (non-hydrogen) atoms. The zero-order valence-electron chi connectivity index (χ0n) is 23.9. The Hall–Kier alpha value is -4.49. The van der Waals surface area contributed by atoms with Crippen LogP contribution in [0.2, 0.25) is 0 Å². The monoisotopic (exact) mass is 604 g/mol. The second kappa shape index (κ2) is 15.1. The van der Waals surface area contributed by atoms with Crippen LogP contribution < -0.4 is 0 Å². The molecule has 0 aliphatic carbocycles. The van der Waals surface area contributed by atoms with Gasteiger partial charge in [-0.3, -0.25) is 9.59 Å². The smallest absolute Gasteiger partial charge is 0.171 e. The molecule has 222 valence electrons. The zero-order chi connectivity index (χ0) is 30.2. The van der Waals surface area contributed by atoms with E-state index in [2.05, 4.69) is 23.5 Å². The summed E-state index contributed by atoms with van der Waals surface area (Å²) in [6.45, 7) is 7.47. The van der Waals surface area contributed by atoms with Gasteiger partial charge in [-0.2, -0.15) is 0 Å². The van der Waals surface area contributed by atoms with E-state index in [0.717, 1.165) is 30.5 Å². The van der Waals surface area contributed by atoms with E-state index in [1.165, 1.54) is 19.2 Å². The van der Waals surface area contributed by atoms with Gasteiger partial charge >= 0.3 is 0 Å². The predicted molar refractivity (Wildman–Crippen MR) is 167 cm³/mol. The van der Waals surface area contributed by atoms with Gasteiger partial charge in [-0.25, -0.2) is 18.2 Å². The van der Waals surface area contributed by atoms with Crippen LogP contribution in [-0.2, 0) is 9.59 Å². The van der Waals surface area contributed by atoms with Crippen LogP contribution >= 0.6 is 12.4 Å². The van der Waals surface area contributed by atoms with Crippen molar-refractivity contribution >= 4 is 29.5 Å². The lowest BCUT2D eigenvalue weighted by Crippen LogP contribution is -2.08. The maximum atomic E-state index is 14.4. The molecule has 1 N–H and O–H groups in total. The standard InChI is InChI=1S/C35H31F3N2O2.ClH/c1-4-10-25(24-11-6-5-7-12-24)20-32(42)22(2)15-16-26(19-23(3)41)27-13-8-9-14-28(27)35-39-21-31(40-35)33-29(36)17-18-30(37)34(33)38;/h5-9,11-19,21,25H,2,4,10,20H2,1,3H3,(H,39,40);1H/b16-15-,26-19-;/t25-;/m0./s1. The highest BCUT2D eigenvalue weighted by atomic mass is 35.5. The molecule has 3 aromatic carbocycles. The highest BCUT2D eigenvalue weighted by Crippen LogP contribution is 2.32. The molecular weight excluding hydrogens is 573 g/mol. The minimum Gasteiger partial charge on any atom is -0.338 e. The van der Waals surface area contributed by atoms with Gasteiger partial charge in [-0.1, -0.05) is 86.7 Å². The van der Waals surface area contributed by atoms with Gasteiger partial charge in [0, 0.05) is 17.6 Å². The lowest BCUT2D eigenvalue weighted by atomic mass is 9.88. The molecule has 0 spiro atoms. The molecule has 4 rings (SSSR count). The van der Waals surface area contributed by atoms with Crippen LogP contribution in [0.1, 0.15) is 50.2 Å². The number of aromatic nitrogens is 2. The van der Waals surface area contributed by atoms with E-state index in [4.69, 9.17) is 0 Å². The van der Waals surface area contributed by atoms with Crippen molar-refractivity contribution in [2.45, 2.75) is 39.0 Å². The highest BCUT2D eigenvalue weighted by Gasteiger charge is 2.20. The number of hydrogen-bond donors (Lipinski definition) is 1. The van der Waals surface area contributed by atoms with Gasteiger partial charge in [-0.05, 0) is 54.2 Å². The number of aromatic amines is 1. The fraction of sp³-hybridized carbons (Fsp3) is 0.171. The summed E-state index contributed by atoms with van der Waals surface area (Å²) >= 11 is 0. The average molecular weight is 605 g/mol. The van der Waals surface area contributed by atoms with Crippen LogP contribution in [0.15, 0.2) is 103 Å². The largest absolute Gasteiger partial charge is 0.338 e. The molecule has 1 atom stereocenters. The number of benzene rings is 3. The summed E-state index contributed by atoms with van der Waals surface area (Å²) in [7, 11) is 0. The number of hydrogen-bond acceptors (Lipinski definition) is 3. The van der Waals surface area contributed by atoms with Crippen molar-refractivity contribution in [3.05, 3.63) is 132 Å². The molecule has 0 fully saturated rings. The van der Waals surface area contributed by atoms with E-state index in [9.17, 15) is 22.8 Å². The van der Waals surface area contributed by atoms with E-state index in [1.54, 1.807) is 36.4 Å². The number of nitrogens with one attached hydrogen (secondary N) is 1. The van der Waals surface area contributed by atoms with Gasteiger partial charge in [0.25, 0.3) is 0 Å². The number of rotatable bonds is 12. The van der Waals surface area contributed by atoms with E-state index >= 15 is 0 Å². The van der Waals surface area contributed by atoms with Crippen LogP contribution in [0.25, 0.3) is 28.2 Å². The van der Waals surface area contributed by atoms with Gasteiger partial charge in [0.05, 0.1) is 17.5 Å². The second-order valence-corrected chi connectivity index (χ2v) is 10.0. The van der Waals surface area contributed by atoms with Crippen molar-refractivity contribution in [3.8, 4) is 22.6 Å². The summed E-state index contributed by atoms with van der Waals surface area (Å²) in [6, 6.07) is 18.5. The molecule has 0 radical (unpaired) electrons. The molecule has 0 aliphatic heterocycles.